The van der Waals surface area contributed by atoms with E-state index in [2.05, 4.69) is 10.2 Å². The number of anilines is 1. The molecule has 0 aliphatic carbocycles. The van der Waals surface area contributed by atoms with E-state index >= 15 is 0 Å². The van der Waals surface area contributed by atoms with E-state index in [1.54, 1.807) is 49.4 Å². The van der Waals surface area contributed by atoms with Gasteiger partial charge in [-0.3, -0.25) is 14.5 Å². The van der Waals surface area contributed by atoms with Crippen molar-refractivity contribution in [3.8, 4) is 17.2 Å². The van der Waals surface area contributed by atoms with Crippen molar-refractivity contribution >= 4 is 33.9 Å². The summed E-state index contributed by atoms with van der Waals surface area (Å²) in [5, 5.41) is 20.2. The summed E-state index contributed by atoms with van der Waals surface area (Å²) in [6.07, 6.45) is -0.0137. The number of Topliss-reactive ketones (excluding diaryl/α,β-unsaturated/α-hetero) is 1. The largest absolute Gasteiger partial charge is 0.507 e. The number of carbonyl (C=O) groups is 2. The number of carbonyl (C=O) groups excluding carboxylic acids is 2. The Morgan fingerprint density at radius 3 is 2.29 bits per heavy atom. The van der Waals surface area contributed by atoms with Gasteiger partial charge in [0.25, 0.3) is 5.78 Å². The molecule has 1 N–H and O–H groups in total. The fourth-order valence-electron chi connectivity index (χ4n) is 3.87. The Balaban J connectivity index is 1.88. The summed E-state index contributed by atoms with van der Waals surface area (Å²) >= 11 is 1.18. The van der Waals surface area contributed by atoms with Crippen LogP contribution in [-0.4, -0.2) is 47.3 Å². The average molecular weight is 496 g/mol. The lowest BCUT2D eigenvalue weighted by atomic mass is 9.95. The molecule has 1 aliphatic rings. The molecule has 0 bridgehead atoms. The number of aryl methyl sites for hydroxylation is 1. The number of ketones is 1. The number of rotatable bonds is 7. The number of aliphatic hydroxyl groups is 1. The molecule has 0 saturated carbocycles. The zero-order chi connectivity index (χ0) is 25.3. The number of hydrogen-bond acceptors (Lipinski definition) is 9. The van der Waals surface area contributed by atoms with Gasteiger partial charge in [0, 0.05) is 5.56 Å². The van der Waals surface area contributed by atoms with Gasteiger partial charge >= 0.3 is 5.91 Å². The van der Waals surface area contributed by atoms with E-state index < -0.39 is 17.7 Å². The van der Waals surface area contributed by atoms with Gasteiger partial charge in [-0.05, 0) is 62.7 Å². The van der Waals surface area contributed by atoms with E-state index in [-0.39, 0.29) is 22.6 Å². The van der Waals surface area contributed by atoms with Crippen LogP contribution in [0.25, 0.3) is 5.76 Å². The molecule has 1 unspecified atom stereocenters. The first kappa shape index (κ1) is 24.2. The third-order valence-corrected chi connectivity index (χ3v) is 6.23. The topological polar surface area (TPSA) is 111 Å². The molecule has 1 amide bonds. The normalized spacial score (nSPS) is 17.2. The zero-order valence-electron chi connectivity index (χ0n) is 19.9. The Bertz CT molecular complexity index is 1300. The molecule has 10 heteroatoms. The van der Waals surface area contributed by atoms with E-state index in [4.69, 9.17) is 14.2 Å². The molecule has 35 heavy (non-hydrogen) atoms. The number of benzene rings is 2. The van der Waals surface area contributed by atoms with E-state index in [9.17, 15) is 14.7 Å². The fraction of sp³-hybridized carbons (Fsp3) is 0.280. The van der Waals surface area contributed by atoms with E-state index in [0.29, 0.717) is 33.4 Å². The lowest BCUT2D eigenvalue weighted by Crippen LogP contribution is -2.29. The van der Waals surface area contributed by atoms with Crippen molar-refractivity contribution < 1.29 is 28.9 Å². The van der Waals surface area contributed by atoms with Gasteiger partial charge < -0.3 is 19.3 Å². The first-order valence-electron chi connectivity index (χ1n) is 10.8. The van der Waals surface area contributed by atoms with Gasteiger partial charge in [-0.1, -0.05) is 17.4 Å². The monoisotopic (exact) mass is 495 g/mol. The summed E-state index contributed by atoms with van der Waals surface area (Å²) in [5.74, 6) is -0.402. The molecular formula is C25H25N3O6S. The van der Waals surface area contributed by atoms with Gasteiger partial charge in [-0.15, -0.1) is 10.2 Å². The van der Waals surface area contributed by atoms with E-state index in [1.807, 2.05) is 13.8 Å². The summed E-state index contributed by atoms with van der Waals surface area (Å²) in [7, 11) is 3.01. The third-order valence-electron chi connectivity index (χ3n) is 5.39. The number of methoxy groups -OCH3 is 2. The SMILES string of the molecule is COc1ccc(C2C(=C(O)c3ccc(OC(C)C)cc3)C(=O)C(=O)N2c2nnc(C)s2)cc1OC. The molecule has 0 spiro atoms. The van der Waals surface area contributed by atoms with Gasteiger partial charge in [0.05, 0.1) is 31.9 Å². The molecule has 1 atom stereocenters. The molecular weight excluding hydrogens is 470 g/mol. The summed E-state index contributed by atoms with van der Waals surface area (Å²) in [5.41, 5.74) is 0.849. The van der Waals surface area contributed by atoms with Crippen LogP contribution in [0, 0.1) is 6.92 Å². The van der Waals surface area contributed by atoms with Crippen molar-refractivity contribution in [3.05, 3.63) is 64.2 Å². The van der Waals surface area contributed by atoms with Crippen molar-refractivity contribution in [1.82, 2.24) is 10.2 Å². The lowest BCUT2D eigenvalue weighted by molar-refractivity contribution is -0.132. The van der Waals surface area contributed by atoms with Crippen LogP contribution in [0.2, 0.25) is 0 Å². The summed E-state index contributed by atoms with van der Waals surface area (Å²) < 4.78 is 16.4. The number of aliphatic hydroxyl groups excluding tert-OH is 1. The quantitative estimate of drug-likeness (QED) is 0.294. The number of nitrogens with zero attached hydrogens (tertiary/aromatic N) is 3. The highest BCUT2D eigenvalue weighted by Gasteiger charge is 2.48. The summed E-state index contributed by atoms with van der Waals surface area (Å²) in [6, 6.07) is 10.8. The van der Waals surface area contributed by atoms with Crippen molar-refractivity contribution in [2.45, 2.75) is 32.9 Å². The predicted octanol–water partition coefficient (Wildman–Crippen LogP) is 4.28. The maximum absolute atomic E-state index is 13.3. The van der Waals surface area contributed by atoms with Gasteiger partial charge in [-0.2, -0.15) is 0 Å². The first-order valence-corrected chi connectivity index (χ1v) is 11.7. The van der Waals surface area contributed by atoms with Crippen LogP contribution in [0.1, 0.15) is 36.0 Å². The van der Waals surface area contributed by atoms with Crippen molar-refractivity contribution in [1.29, 1.82) is 0 Å². The molecule has 0 radical (unpaired) electrons. The van der Waals surface area contributed by atoms with Crippen molar-refractivity contribution in [2.75, 3.05) is 19.1 Å². The van der Waals surface area contributed by atoms with Gasteiger partial charge in [0.2, 0.25) is 5.13 Å². The predicted molar refractivity (Wildman–Crippen MR) is 131 cm³/mol. The van der Waals surface area contributed by atoms with Crippen LogP contribution in [0.15, 0.2) is 48.0 Å². The Kier molecular flexibility index (Phi) is 6.74. The van der Waals surface area contributed by atoms with Crippen molar-refractivity contribution in [2.24, 2.45) is 0 Å². The fourth-order valence-corrected chi connectivity index (χ4v) is 4.58. The molecule has 4 rings (SSSR count). The van der Waals surface area contributed by atoms with Crippen LogP contribution in [0.4, 0.5) is 5.13 Å². The van der Waals surface area contributed by atoms with Crippen LogP contribution in [-0.2, 0) is 9.59 Å². The summed E-state index contributed by atoms with van der Waals surface area (Å²) in [6.45, 7) is 5.57. The second-order valence-electron chi connectivity index (χ2n) is 8.08. The number of amides is 1. The second-order valence-corrected chi connectivity index (χ2v) is 9.24. The Labute approximate surface area is 206 Å². The zero-order valence-corrected chi connectivity index (χ0v) is 20.8. The molecule has 2 heterocycles. The first-order chi connectivity index (χ1) is 16.7. The number of hydrogen-bond donors (Lipinski definition) is 1. The standard InChI is InChI=1S/C25H25N3O6S/c1-13(2)34-17-9-6-15(7-10-17)22(29)20-21(16-8-11-18(32-4)19(12-16)33-5)28(24(31)23(20)30)25-27-26-14(3)35-25/h6-13,21,29H,1-5H3. The van der Waals surface area contributed by atoms with Crippen LogP contribution in [0.3, 0.4) is 0 Å². The molecule has 182 valence electrons. The molecule has 3 aromatic rings. The number of ether oxygens (including phenoxy) is 3. The third kappa shape index (κ3) is 4.57. The second kappa shape index (κ2) is 9.75. The maximum Gasteiger partial charge on any atom is 0.301 e. The Morgan fingerprint density at radius 1 is 1.03 bits per heavy atom. The maximum atomic E-state index is 13.3. The highest BCUT2D eigenvalue weighted by molar-refractivity contribution is 7.15. The molecule has 1 aromatic heterocycles. The van der Waals surface area contributed by atoms with Gasteiger partial charge in [-0.25, -0.2) is 0 Å². The van der Waals surface area contributed by atoms with E-state index in [0.717, 1.165) is 0 Å². The Hall–Kier alpha value is -3.92. The Morgan fingerprint density at radius 2 is 1.71 bits per heavy atom. The molecule has 2 aromatic carbocycles. The highest BCUT2D eigenvalue weighted by atomic mass is 32.1. The van der Waals surface area contributed by atoms with E-state index in [1.165, 1.54) is 30.5 Å². The van der Waals surface area contributed by atoms with Gasteiger partial charge in [0.1, 0.15) is 16.5 Å². The molecule has 1 aliphatic heterocycles. The smallest absolute Gasteiger partial charge is 0.301 e. The minimum absolute atomic E-state index is 0.0137. The van der Waals surface area contributed by atoms with Crippen LogP contribution < -0.4 is 19.1 Å². The minimum Gasteiger partial charge on any atom is -0.507 e. The highest BCUT2D eigenvalue weighted by Crippen LogP contribution is 2.44. The average Bonchev–Trinajstić information content (AvgIpc) is 3.38. The molecule has 1 fully saturated rings. The van der Waals surface area contributed by atoms with Crippen LogP contribution in [0.5, 0.6) is 17.2 Å². The minimum atomic E-state index is -0.950. The van der Waals surface area contributed by atoms with Gasteiger partial charge in [0.15, 0.2) is 11.5 Å². The van der Waals surface area contributed by atoms with Crippen molar-refractivity contribution in [3.63, 3.8) is 0 Å². The molecule has 9 nitrogen and oxygen atoms in total. The lowest BCUT2D eigenvalue weighted by Gasteiger charge is -2.23. The summed E-state index contributed by atoms with van der Waals surface area (Å²) in [4.78, 5) is 27.7. The van der Waals surface area contributed by atoms with Crippen LogP contribution >= 0.6 is 11.3 Å². The molecule has 1 saturated heterocycles. The number of aromatic nitrogens is 2.